The van der Waals surface area contributed by atoms with Crippen LogP contribution in [0, 0.1) is 0 Å². The average molecular weight is 271 g/mol. The number of carboxylic acid groups (broad SMARTS) is 1. The van der Waals surface area contributed by atoms with Crippen molar-refractivity contribution >= 4 is 23.5 Å². The lowest BCUT2D eigenvalue weighted by atomic mass is 10.1. The lowest BCUT2D eigenvalue weighted by molar-refractivity contribution is -0.136. The number of carbonyl (C=O) groups excluding carboxylic acids is 1. The summed E-state index contributed by atoms with van der Waals surface area (Å²) in [5, 5.41) is 11.2. The largest absolute Gasteiger partial charge is 0.481 e. The Bertz CT molecular complexity index is 461. The van der Waals surface area contributed by atoms with Gasteiger partial charge in [-0.15, -0.1) is 0 Å². The van der Waals surface area contributed by atoms with E-state index in [-0.39, 0.29) is 29.9 Å². The van der Waals surface area contributed by atoms with Gasteiger partial charge in [0.05, 0.1) is 6.42 Å². The quantitative estimate of drug-likeness (QED) is 0.803. The van der Waals surface area contributed by atoms with Crippen molar-refractivity contribution in [1.29, 1.82) is 0 Å². The van der Waals surface area contributed by atoms with Gasteiger partial charge in [-0.3, -0.25) is 9.59 Å². The lowest BCUT2D eigenvalue weighted by Gasteiger charge is -2.08. The predicted octanol–water partition coefficient (Wildman–Crippen LogP) is 2.06. The number of amides is 1. The number of hydrogen-bond donors (Lipinski definition) is 2. The van der Waals surface area contributed by atoms with Crippen molar-refractivity contribution in [3.63, 3.8) is 0 Å². The molecular formula is C12H15ClN2O3. The molecule has 0 spiro atoms. The molecule has 1 rings (SSSR count). The molecule has 6 heteroatoms. The van der Waals surface area contributed by atoms with Crippen LogP contribution in [0.2, 0.25) is 5.15 Å². The van der Waals surface area contributed by atoms with Gasteiger partial charge < -0.3 is 10.4 Å². The highest BCUT2D eigenvalue weighted by Gasteiger charge is 2.11. The SMILES string of the molecule is CC(C)c1cc(C(=O)NCCC(=O)O)cc(Cl)n1. The number of rotatable bonds is 5. The molecule has 0 aliphatic carbocycles. The van der Waals surface area contributed by atoms with Crippen LogP contribution in [0.15, 0.2) is 12.1 Å². The van der Waals surface area contributed by atoms with Crippen LogP contribution in [-0.4, -0.2) is 28.5 Å². The van der Waals surface area contributed by atoms with E-state index < -0.39 is 5.97 Å². The second-order valence-corrected chi connectivity index (χ2v) is 4.54. The Kier molecular flexibility index (Phi) is 5.09. The van der Waals surface area contributed by atoms with Gasteiger partial charge in [0.15, 0.2) is 0 Å². The Hall–Kier alpha value is -1.62. The minimum Gasteiger partial charge on any atom is -0.481 e. The summed E-state index contributed by atoms with van der Waals surface area (Å²) in [7, 11) is 0. The highest BCUT2D eigenvalue weighted by atomic mass is 35.5. The van der Waals surface area contributed by atoms with Gasteiger partial charge >= 0.3 is 5.97 Å². The zero-order chi connectivity index (χ0) is 13.7. The monoisotopic (exact) mass is 270 g/mol. The number of carbonyl (C=O) groups is 2. The van der Waals surface area contributed by atoms with E-state index >= 15 is 0 Å². The maximum absolute atomic E-state index is 11.8. The number of nitrogens with zero attached hydrogens (tertiary/aromatic N) is 1. The Morgan fingerprint density at radius 3 is 2.67 bits per heavy atom. The van der Waals surface area contributed by atoms with Crippen molar-refractivity contribution in [3.05, 3.63) is 28.5 Å². The standard InChI is InChI=1S/C12H15ClN2O3/c1-7(2)9-5-8(6-10(13)15-9)12(18)14-4-3-11(16)17/h5-7H,3-4H2,1-2H3,(H,14,18)(H,16,17). The second kappa shape index (κ2) is 6.35. The minimum atomic E-state index is -0.953. The number of nitrogens with one attached hydrogen (secondary N) is 1. The third-order valence-corrected chi connectivity index (χ3v) is 2.49. The molecule has 1 aromatic rings. The van der Waals surface area contributed by atoms with Gasteiger partial charge in [0.25, 0.3) is 5.91 Å². The van der Waals surface area contributed by atoms with Crippen LogP contribution in [0.4, 0.5) is 0 Å². The molecule has 0 aliphatic heterocycles. The normalized spacial score (nSPS) is 10.4. The molecule has 0 fully saturated rings. The van der Waals surface area contributed by atoms with Crippen LogP contribution in [-0.2, 0) is 4.79 Å². The number of hydrogen-bond acceptors (Lipinski definition) is 3. The molecule has 0 aliphatic rings. The highest BCUT2D eigenvalue weighted by molar-refractivity contribution is 6.29. The molecule has 0 atom stereocenters. The van der Waals surface area contributed by atoms with E-state index in [1.165, 1.54) is 6.07 Å². The Morgan fingerprint density at radius 1 is 1.44 bits per heavy atom. The molecular weight excluding hydrogens is 256 g/mol. The number of carboxylic acids is 1. The van der Waals surface area contributed by atoms with E-state index in [9.17, 15) is 9.59 Å². The molecule has 0 bridgehead atoms. The summed E-state index contributed by atoms with van der Waals surface area (Å²) in [5.74, 6) is -1.14. The molecule has 0 unspecified atom stereocenters. The maximum Gasteiger partial charge on any atom is 0.305 e. The molecule has 1 heterocycles. The fraction of sp³-hybridized carbons (Fsp3) is 0.417. The van der Waals surface area contributed by atoms with Crippen molar-refractivity contribution in [3.8, 4) is 0 Å². The fourth-order valence-corrected chi connectivity index (χ4v) is 1.54. The van der Waals surface area contributed by atoms with Gasteiger partial charge in [-0.25, -0.2) is 4.98 Å². The van der Waals surface area contributed by atoms with Crippen molar-refractivity contribution in [1.82, 2.24) is 10.3 Å². The van der Waals surface area contributed by atoms with Gasteiger partial charge in [0, 0.05) is 17.8 Å². The smallest absolute Gasteiger partial charge is 0.305 e. The summed E-state index contributed by atoms with van der Waals surface area (Å²) in [6, 6.07) is 3.12. The highest BCUT2D eigenvalue weighted by Crippen LogP contribution is 2.17. The fourth-order valence-electron chi connectivity index (χ4n) is 1.33. The van der Waals surface area contributed by atoms with E-state index in [2.05, 4.69) is 10.3 Å². The number of pyridine rings is 1. The molecule has 18 heavy (non-hydrogen) atoms. The molecule has 0 radical (unpaired) electrons. The van der Waals surface area contributed by atoms with E-state index in [1.54, 1.807) is 6.07 Å². The zero-order valence-corrected chi connectivity index (χ0v) is 11.0. The van der Waals surface area contributed by atoms with Crippen molar-refractivity contribution < 1.29 is 14.7 Å². The van der Waals surface area contributed by atoms with E-state index in [1.807, 2.05) is 13.8 Å². The summed E-state index contributed by atoms with van der Waals surface area (Å²) in [6.07, 6.45) is -0.110. The lowest BCUT2D eigenvalue weighted by Crippen LogP contribution is -2.26. The first kappa shape index (κ1) is 14.4. The van der Waals surface area contributed by atoms with Crippen LogP contribution in [0.5, 0.6) is 0 Å². The second-order valence-electron chi connectivity index (χ2n) is 4.16. The zero-order valence-electron chi connectivity index (χ0n) is 10.2. The number of halogens is 1. The maximum atomic E-state index is 11.8. The molecule has 0 saturated carbocycles. The van der Waals surface area contributed by atoms with E-state index in [0.29, 0.717) is 5.56 Å². The van der Waals surface area contributed by atoms with Gasteiger partial charge in [-0.05, 0) is 18.1 Å². The van der Waals surface area contributed by atoms with Crippen LogP contribution >= 0.6 is 11.6 Å². The summed E-state index contributed by atoms with van der Waals surface area (Å²) in [6.45, 7) is 3.99. The van der Waals surface area contributed by atoms with Crippen LogP contribution in [0.1, 0.15) is 42.2 Å². The van der Waals surface area contributed by atoms with Gasteiger partial charge in [-0.2, -0.15) is 0 Å². The van der Waals surface area contributed by atoms with Crippen molar-refractivity contribution in [2.45, 2.75) is 26.2 Å². The van der Waals surface area contributed by atoms with Crippen LogP contribution in [0.3, 0.4) is 0 Å². The minimum absolute atomic E-state index is 0.0884. The Balaban J connectivity index is 2.76. The van der Waals surface area contributed by atoms with Gasteiger partial charge in [-0.1, -0.05) is 25.4 Å². The van der Waals surface area contributed by atoms with Crippen molar-refractivity contribution in [2.75, 3.05) is 6.54 Å². The van der Waals surface area contributed by atoms with Gasteiger partial charge in [0.2, 0.25) is 0 Å². The molecule has 1 aromatic heterocycles. The molecule has 5 nitrogen and oxygen atoms in total. The summed E-state index contributed by atoms with van der Waals surface area (Å²) >= 11 is 5.84. The first-order valence-electron chi connectivity index (χ1n) is 5.57. The molecule has 98 valence electrons. The first-order valence-corrected chi connectivity index (χ1v) is 5.95. The van der Waals surface area contributed by atoms with Crippen molar-refractivity contribution in [2.24, 2.45) is 0 Å². The topological polar surface area (TPSA) is 79.3 Å². The molecule has 0 saturated heterocycles. The summed E-state index contributed by atoms with van der Waals surface area (Å²) < 4.78 is 0. The summed E-state index contributed by atoms with van der Waals surface area (Å²) in [5.41, 5.74) is 1.12. The molecule has 2 N–H and O–H groups in total. The third-order valence-electron chi connectivity index (χ3n) is 2.29. The van der Waals surface area contributed by atoms with Gasteiger partial charge in [0.1, 0.15) is 5.15 Å². The average Bonchev–Trinajstić information content (AvgIpc) is 2.27. The summed E-state index contributed by atoms with van der Waals surface area (Å²) in [4.78, 5) is 26.2. The van der Waals surface area contributed by atoms with Crippen LogP contribution < -0.4 is 5.32 Å². The van der Waals surface area contributed by atoms with Crippen LogP contribution in [0.25, 0.3) is 0 Å². The Labute approximate surface area is 110 Å². The first-order chi connectivity index (χ1) is 8.40. The van der Waals surface area contributed by atoms with E-state index in [0.717, 1.165) is 5.69 Å². The number of aliphatic carboxylic acids is 1. The van der Waals surface area contributed by atoms with E-state index in [4.69, 9.17) is 16.7 Å². The molecule has 0 aromatic carbocycles. The number of aromatic nitrogens is 1. The predicted molar refractivity (Wildman–Crippen MR) is 67.9 cm³/mol. The molecule has 1 amide bonds. The Morgan fingerprint density at radius 2 is 2.11 bits per heavy atom. The third kappa shape index (κ3) is 4.33.